The number of anilines is 1. The van der Waals surface area contributed by atoms with Gasteiger partial charge in [0, 0.05) is 23.9 Å². The lowest BCUT2D eigenvalue weighted by molar-refractivity contribution is -0.136. The topological polar surface area (TPSA) is 67.4 Å². The van der Waals surface area contributed by atoms with E-state index in [-0.39, 0.29) is 6.10 Å². The van der Waals surface area contributed by atoms with Gasteiger partial charge >= 0.3 is 11.8 Å². The van der Waals surface area contributed by atoms with Crippen molar-refractivity contribution in [3.8, 4) is 0 Å². The summed E-state index contributed by atoms with van der Waals surface area (Å²) in [4.78, 5) is 23.2. The maximum Gasteiger partial charge on any atom is 0.313 e. The molecule has 0 spiro atoms. The molecule has 0 radical (unpaired) electrons. The Morgan fingerprint density at radius 3 is 2.89 bits per heavy atom. The van der Waals surface area contributed by atoms with Crippen LogP contribution >= 0.6 is 11.6 Å². The number of carbonyl (C=O) groups excluding carboxylic acids is 2. The molecule has 1 aromatic carbocycles. The van der Waals surface area contributed by atoms with Crippen LogP contribution in [0.4, 0.5) is 5.69 Å². The Balaban J connectivity index is 1.80. The van der Waals surface area contributed by atoms with Gasteiger partial charge < -0.3 is 15.4 Å². The van der Waals surface area contributed by atoms with E-state index in [1.807, 2.05) is 0 Å². The summed E-state index contributed by atoms with van der Waals surface area (Å²) in [5, 5.41) is 5.53. The van der Waals surface area contributed by atoms with E-state index in [2.05, 4.69) is 10.6 Å². The Kier molecular flexibility index (Phi) is 4.76. The first-order valence-electron chi connectivity index (χ1n) is 6.11. The van der Waals surface area contributed by atoms with Crippen LogP contribution in [0.5, 0.6) is 0 Å². The molecule has 0 saturated carbocycles. The Morgan fingerprint density at radius 1 is 1.37 bits per heavy atom. The Labute approximate surface area is 116 Å². The monoisotopic (exact) mass is 282 g/mol. The van der Waals surface area contributed by atoms with Gasteiger partial charge in [-0.3, -0.25) is 9.59 Å². The number of benzene rings is 1. The number of halogens is 1. The summed E-state index contributed by atoms with van der Waals surface area (Å²) in [7, 11) is 0. The number of rotatable bonds is 3. The summed E-state index contributed by atoms with van der Waals surface area (Å²) < 4.78 is 5.35. The zero-order valence-electron chi connectivity index (χ0n) is 10.3. The highest BCUT2D eigenvalue weighted by molar-refractivity contribution is 6.39. The molecule has 2 rings (SSSR count). The minimum Gasteiger partial charge on any atom is -0.376 e. The molecular weight excluding hydrogens is 268 g/mol. The Morgan fingerprint density at radius 2 is 2.21 bits per heavy atom. The number of carbonyl (C=O) groups is 2. The van der Waals surface area contributed by atoms with Gasteiger partial charge in [-0.1, -0.05) is 17.7 Å². The van der Waals surface area contributed by atoms with Crippen molar-refractivity contribution >= 4 is 29.1 Å². The first-order chi connectivity index (χ1) is 9.15. The fourth-order valence-electron chi connectivity index (χ4n) is 1.85. The lowest BCUT2D eigenvalue weighted by Gasteiger charge is -2.10. The minimum absolute atomic E-state index is 0.0166. The summed E-state index contributed by atoms with van der Waals surface area (Å²) in [5.41, 5.74) is 0.491. The van der Waals surface area contributed by atoms with Crippen LogP contribution in [0, 0.1) is 0 Å². The Hall–Kier alpha value is -1.59. The number of hydrogen-bond donors (Lipinski definition) is 2. The average Bonchev–Trinajstić information content (AvgIpc) is 2.89. The van der Waals surface area contributed by atoms with Crippen LogP contribution in [-0.4, -0.2) is 31.1 Å². The van der Waals surface area contributed by atoms with Crippen molar-refractivity contribution in [3.63, 3.8) is 0 Å². The molecule has 1 saturated heterocycles. The second-order valence-corrected chi connectivity index (χ2v) is 4.75. The van der Waals surface area contributed by atoms with E-state index in [0.29, 0.717) is 17.3 Å². The van der Waals surface area contributed by atoms with Crippen LogP contribution < -0.4 is 10.6 Å². The number of ether oxygens (including phenoxy) is 1. The molecule has 6 heteroatoms. The largest absolute Gasteiger partial charge is 0.376 e. The third kappa shape index (κ3) is 4.22. The predicted molar refractivity (Wildman–Crippen MR) is 72.1 cm³/mol. The van der Waals surface area contributed by atoms with Crippen molar-refractivity contribution in [1.82, 2.24) is 5.32 Å². The van der Waals surface area contributed by atoms with Crippen molar-refractivity contribution in [2.45, 2.75) is 18.9 Å². The van der Waals surface area contributed by atoms with Gasteiger partial charge in [-0.15, -0.1) is 0 Å². The summed E-state index contributed by atoms with van der Waals surface area (Å²) in [6.07, 6.45) is 1.92. The van der Waals surface area contributed by atoms with Crippen molar-refractivity contribution in [2.75, 3.05) is 18.5 Å². The lowest BCUT2D eigenvalue weighted by Crippen LogP contribution is -2.39. The smallest absolute Gasteiger partial charge is 0.313 e. The van der Waals surface area contributed by atoms with Crippen LogP contribution in [0.3, 0.4) is 0 Å². The zero-order chi connectivity index (χ0) is 13.7. The predicted octanol–water partition coefficient (Wildman–Crippen LogP) is 1.57. The molecule has 1 fully saturated rings. The molecule has 0 aliphatic carbocycles. The molecule has 1 heterocycles. The molecule has 1 aliphatic heterocycles. The fraction of sp³-hybridized carbons (Fsp3) is 0.385. The van der Waals surface area contributed by atoms with E-state index in [1.165, 1.54) is 0 Å². The third-order valence-corrected chi connectivity index (χ3v) is 3.04. The van der Waals surface area contributed by atoms with E-state index < -0.39 is 11.8 Å². The summed E-state index contributed by atoms with van der Waals surface area (Å²) in [5.74, 6) is -1.38. The Bertz CT molecular complexity index is 473. The highest BCUT2D eigenvalue weighted by atomic mass is 35.5. The number of nitrogens with one attached hydrogen (secondary N) is 2. The molecule has 102 valence electrons. The SMILES string of the molecule is O=C(NC[C@H]1CCCO1)C(=O)Nc1cccc(Cl)c1. The van der Waals surface area contributed by atoms with Gasteiger partial charge in [0.25, 0.3) is 0 Å². The van der Waals surface area contributed by atoms with E-state index in [1.54, 1.807) is 24.3 Å². The summed E-state index contributed by atoms with van der Waals surface area (Å²) in [6.45, 7) is 1.08. The van der Waals surface area contributed by atoms with Gasteiger partial charge in [-0.05, 0) is 31.0 Å². The van der Waals surface area contributed by atoms with E-state index in [4.69, 9.17) is 16.3 Å². The van der Waals surface area contributed by atoms with Crippen LogP contribution in [0.1, 0.15) is 12.8 Å². The van der Waals surface area contributed by atoms with E-state index in [9.17, 15) is 9.59 Å². The normalized spacial score (nSPS) is 18.1. The maximum absolute atomic E-state index is 11.6. The molecule has 2 N–H and O–H groups in total. The van der Waals surface area contributed by atoms with Crippen molar-refractivity contribution in [1.29, 1.82) is 0 Å². The highest BCUT2D eigenvalue weighted by Crippen LogP contribution is 2.14. The lowest BCUT2D eigenvalue weighted by atomic mass is 10.2. The third-order valence-electron chi connectivity index (χ3n) is 2.80. The molecule has 0 aromatic heterocycles. The van der Waals surface area contributed by atoms with Gasteiger partial charge in [-0.25, -0.2) is 0 Å². The molecule has 1 aromatic rings. The van der Waals surface area contributed by atoms with Crippen LogP contribution in [0.15, 0.2) is 24.3 Å². The quantitative estimate of drug-likeness (QED) is 0.827. The van der Waals surface area contributed by atoms with Gasteiger partial charge in [-0.2, -0.15) is 0 Å². The molecular formula is C13H15ClN2O3. The molecule has 1 atom stereocenters. The van der Waals surface area contributed by atoms with Crippen molar-refractivity contribution in [3.05, 3.63) is 29.3 Å². The summed E-state index contributed by atoms with van der Waals surface area (Å²) >= 11 is 5.79. The van der Waals surface area contributed by atoms with Gasteiger partial charge in [0.2, 0.25) is 0 Å². The van der Waals surface area contributed by atoms with Crippen molar-refractivity contribution < 1.29 is 14.3 Å². The number of amides is 2. The number of hydrogen-bond acceptors (Lipinski definition) is 3. The van der Waals surface area contributed by atoms with Gasteiger partial charge in [0.05, 0.1) is 6.10 Å². The van der Waals surface area contributed by atoms with E-state index >= 15 is 0 Å². The molecule has 2 amide bonds. The van der Waals surface area contributed by atoms with Gasteiger partial charge in [0.1, 0.15) is 0 Å². The maximum atomic E-state index is 11.6. The highest BCUT2D eigenvalue weighted by Gasteiger charge is 2.19. The van der Waals surface area contributed by atoms with Crippen LogP contribution in [-0.2, 0) is 14.3 Å². The molecule has 19 heavy (non-hydrogen) atoms. The first-order valence-corrected chi connectivity index (χ1v) is 6.49. The molecule has 5 nitrogen and oxygen atoms in total. The first kappa shape index (κ1) is 13.8. The van der Waals surface area contributed by atoms with Gasteiger partial charge in [0.15, 0.2) is 0 Å². The van der Waals surface area contributed by atoms with Crippen LogP contribution in [0.2, 0.25) is 5.02 Å². The second-order valence-electron chi connectivity index (χ2n) is 4.31. The summed E-state index contributed by atoms with van der Waals surface area (Å²) in [6, 6.07) is 6.63. The standard InChI is InChI=1S/C13H15ClN2O3/c14-9-3-1-4-10(7-9)16-13(18)12(17)15-8-11-5-2-6-19-11/h1,3-4,7,11H,2,5-6,8H2,(H,15,17)(H,16,18)/t11-/m1/s1. The van der Waals surface area contributed by atoms with Crippen LogP contribution in [0.25, 0.3) is 0 Å². The van der Waals surface area contributed by atoms with Crippen molar-refractivity contribution in [2.24, 2.45) is 0 Å². The fourth-order valence-corrected chi connectivity index (χ4v) is 2.04. The average molecular weight is 283 g/mol. The zero-order valence-corrected chi connectivity index (χ0v) is 11.1. The molecule has 0 bridgehead atoms. The molecule has 1 aliphatic rings. The van der Waals surface area contributed by atoms with E-state index in [0.717, 1.165) is 19.4 Å². The second kappa shape index (κ2) is 6.54. The molecule has 0 unspecified atom stereocenters. The minimum atomic E-state index is -0.708.